The Morgan fingerprint density at radius 1 is 1.19 bits per heavy atom. The minimum absolute atomic E-state index is 0.335. The molecule has 1 heteroatoms. The first-order chi connectivity index (χ1) is 10.1. The number of terminal acetylenes is 1. The van der Waals surface area contributed by atoms with Crippen molar-refractivity contribution in [3.05, 3.63) is 22.8 Å². The van der Waals surface area contributed by atoms with Gasteiger partial charge in [0.05, 0.1) is 0 Å². The average molecular weight is 280 g/mol. The molecule has 0 saturated heterocycles. The highest BCUT2D eigenvalue weighted by Gasteiger charge is 2.53. The number of ketones is 1. The predicted octanol–water partition coefficient (Wildman–Crippen LogP) is 4.44. The summed E-state index contributed by atoms with van der Waals surface area (Å²) in [5.41, 5.74) is 5.01. The summed E-state index contributed by atoms with van der Waals surface area (Å²) in [6, 6.07) is 0. The molecule has 2 saturated carbocycles. The summed E-state index contributed by atoms with van der Waals surface area (Å²) in [6.45, 7) is 2.45. The number of carbonyl (C=O) groups is 1. The summed E-state index contributed by atoms with van der Waals surface area (Å²) in [5.74, 6) is 5.45. The summed E-state index contributed by atoms with van der Waals surface area (Å²) in [5, 5.41) is 0. The largest absolute Gasteiger partial charge is 0.295 e. The van der Waals surface area contributed by atoms with Crippen LogP contribution in [0.2, 0.25) is 0 Å². The van der Waals surface area contributed by atoms with Crippen LogP contribution in [0.15, 0.2) is 22.8 Å². The first kappa shape index (κ1) is 13.4. The topological polar surface area (TPSA) is 17.1 Å². The number of hydrogen-bond donors (Lipinski definition) is 0. The fourth-order valence-corrected chi connectivity index (χ4v) is 5.80. The van der Waals surface area contributed by atoms with Gasteiger partial charge in [-0.25, -0.2) is 0 Å². The van der Waals surface area contributed by atoms with Gasteiger partial charge in [-0.15, -0.1) is 12.3 Å². The molecular weight excluding hydrogens is 256 g/mol. The van der Waals surface area contributed by atoms with E-state index in [1.165, 1.54) is 37.7 Å². The molecule has 0 aromatic heterocycles. The lowest BCUT2D eigenvalue weighted by Crippen LogP contribution is -2.39. The second-order valence-corrected chi connectivity index (χ2v) is 7.69. The normalized spacial score (nSPS) is 41.8. The van der Waals surface area contributed by atoms with Gasteiger partial charge in [0.1, 0.15) is 0 Å². The molecule has 4 aliphatic carbocycles. The number of allylic oxidation sites excluding steroid dienone is 4. The lowest BCUT2D eigenvalue weighted by Gasteiger charge is -2.48. The van der Waals surface area contributed by atoms with Crippen molar-refractivity contribution in [2.75, 3.05) is 0 Å². The van der Waals surface area contributed by atoms with Crippen LogP contribution in [0.25, 0.3) is 0 Å². The Balaban J connectivity index is 1.73. The average Bonchev–Trinajstić information content (AvgIpc) is 2.83. The maximum atomic E-state index is 11.7. The number of carbonyl (C=O) groups excluding carboxylic acids is 1. The van der Waals surface area contributed by atoms with Gasteiger partial charge in [-0.1, -0.05) is 12.5 Å². The molecule has 0 N–H and O–H groups in total. The van der Waals surface area contributed by atoms with Crippen LogP contribution < -0.4 is 0 Å². The smallest absolute Gasteiger partial charge is 0.156 e. The SMILES string of the molecule is C#CC1CCC2C3CCC4=CC(=O)CCC4=C3CCC12C. The standard InChI is InChI=1S/C20H24O/c1-3-14-5-9-19-18-7-4-13-12-15(21)6-8-16(13)17(18)10-11-20(14,19)2/h1,12,14,18-19H,4-11H2,2H3. The van der Waals surface area contributed by atoms with E-state index in [-0.39, 0.29) is 0 Å². The number of rotatable bonds is 0. The molecule has 1 nitrogen and oxygen atoms in total. The maximum absolute atomic E-state index is 11.7. The Hall–Kier alpha value is -1.29. The van der Waals surface area contributed by atoms with E-state index in [1.807, 2.05) is 6.08 Å². The highest BCUT2D eigenvalue weighted by atomic mass is 16.1. The van der Waals surface area contributed by atoms with Crippen LogP contribution >= 0.6 is 0 Å². The van der Waals surface area contributed by atoms with E-state index in [0.29, 0.717) is 17.1 Å². The van der Waals surface area contributed by atoms with E-state index >= 15 is 0 Å². The van der Waals surface area contributed by atoms with Crippen LogP contribution in [0.5, 0.6) is 0 Å². The Kier molecular flexibility index (Phi) is 2.93. The molecule has 4 aliphatic rings. The van der Waals surface area contributed by atoms with Gasteiger partial charge in [-0.05, 0) is 79.4 Å². The fourth-order valence-electron chi connectivity index (χ4n) is 5.80. The second kappa shape index (κ2) is 4.60. The molecule has 4 atom stereocenters. The number of fused-ring (bicyclic) bond motifs is 4. The first-order valence-electron chi connectivity index (χ1n) is 8.55. The van der Waals surface area contributed by atoms with Gasteiger partial charge in [0, 0.05) is 12.3 Å². The van der Waals surface area contributed by atoms with E-state index < -0.39 is 0 Å². The van der Waals surface area contributed by atoms with Gasteiger partial charge in [0.2, 0.25) is 0 Å². The molecule has 0 aromatic rings. The van der Waals surface area contributed by atoms with E-state index in [9.17, 15) is 4.79 Å². The molecule has 110 valence electrons. The third kappa shape index (κ3) is 1.81. The van der Waals surface area contributed by atoms with Gasteiger partial charge in [0.25, 0.3) is 0 Å². The van der Waals surface area contributed by atoms with Gasteiger partial charge in [-0.3, -0.25) is 4.79 Å². The van der Waals surface area contributed by atoms with Crippen molar-refractivity contribution in [1.29, 1.82) is 0 Å². The Bertz CT molecular complexity index is 600. The van der Waals surface area contributed by atoms with Gasteiger partial charge in [0.15, 0.2) is 5.78 Å². The first-order valence-corrected chi connectivity index (χ1v) is 8.55. The predicted molar refractivity (Wildman–Crippen MR) is 84.5 cm³/mol. The minimum atomic E-state index is 0.335. The zero-order valence-electron chi connectivity index (χ0n) is 13.0. The molecular formula is C20H24O. The maximum Gasteiger partial charge on any atom is 0.156 e. The fraction of sp³-hybridized carbons (Fsp3) is 0.650. The molecule has 0 spiro atoms. The van der Waals surface area contributed by atoms with Crippen molar-refractivity contribution < 1.29 is 4.79 Å². The molecule has 0 aliphatic heterocycles. The molecule has 0 amide bonds. The zero-order chi connectivity index (χ0) is 14.6. The lowest BCUT2D eigenvalue weighted by molar-refractivity contribution is -0.114. The van der Waals surface area contributed by atoms with Crippen molar-refractivity contribution in [3.63, 3.8) is 0 Å². The van der Waals surface area contributed by atoms with Crippen LogP contribution in [-0.4, -0.2) is 5.78 Å². The van der Waals surface area contributed by atoms with Crippen molar-refractivity contribution >= 4 is 5.78 Å². The van der Waals surface area contributed by atoms with E-state index in [4.69, 9.17) is 6.42 Å². The highest BCUT2D eigenvalue weighted by Crippen LogP contribution is 2.61. The van der Waals surface area contributed by atoms with E-state index in [0.717, 1.165) is 31.1 Å². The highest BCUT2D eigenvalue weighted by molar-refractivity contribution is 5.93. The van der Waals surface area contributed by atoms with Crippen LogP contribution in [-0.2, 0) is 4.79 Å². The molecule has 21 heavy (non-hydrogen) atoms. The summed E-state index contributed by atoms with van der Waals surface area (Å²) in [4.78, 5) is 11.7. The van der Waals surface area contributed by atoms with Crippen LogP contribution in [0, 0.1) is 35.5 Å². The third-order valence-corrected chi connectivity index (χ3v) is 6.93. The lowest BCUT2D eigenvalue weighted by atomic mass is 9.56. The van der Waals surface area contributed by atoms with E-state index in [1.54, 1.807) is 11.1 Å². The molecule has 0 heterocycles. The summed E-state index contributed by atoms with van der Waals surface area (Å²) >= 11 is 0. The Labute approximate surface area is 127 Å². The van der Waals surface area contributed by atoms with Crippen LogP contribution in [0.3, 0.4) is 0 Å². The summed E-state index contributed by atoms with van der Waals surface area (Å²) < 4.78 is 0. The second-order valence-electron chi connectivity index (χ2n) is 7.69. The van der Waals surface area contributed by atoms with Crippen molar-refractivity contribution in [3.8, 4) is 12.3 Å². The summed E-state index contributed by atoms with van der Waals surface area (Å²) in [7, 11) is 0. The monoisotopic (exact) mass is 280 g/mol. The van der Waals surface area contributed by atoms with E-state index in [2.05, 4.69) is 12.8 Å². The quantitative estimate of drug-likeness (QED) is 0.599. The molecule has 0 bridgehead atoms. The Morgan fingerprint density at radius 2 is 2.05 bits per heavy atom. The van der Waals surface area contributed by atoms with Crippen LogP contribution in [0.1, 0.15) is 58.3 Å². The molecule has 4 rings (SSSR count). The van der Waals surface area contributed by atoms with Crippen molar-refractivity contribution in [1.82, 2.24) is 0 Å². The summed E-state index contributed by atoms with van der Waals surface area (Å²) in [6.07, 6.45) is 16.8. The third-order valence-electron chi connectivity index (χ3n) is 6.93. The molecule has 4 unspecified atom stereocenters. The Morgan fingerprint density at radius 3 is 2.86 bits per heavy atom. The zero-order valence-corrected chi connectivity index (χ0v) is 13.0. The minimum Gasteiger partial charge on any atom is -0.295 e. The van der Waals surface area contributed by atoms with Crippen LogP contribution in [0.4, 0.5) is 0 Å². The number of hydrogen-bond acceptors (Lipinski definition) is 1. The van der Waals surface area contributed by atoms with Gasteiger partial charge < -0.3 is 0 Å². The molecule has 0 radical (unpaired) electrons. The molecule has 0 aromatic carbocycles. The van der Waals surface area contributed by atoms with Crippen molar-refractivity contribution in [2.45, 2.75) is 58.3 Å². The van der Waals surface area contributed by atoms with Crippen molar-refractivity contribution in [2.24, 2.45) is 23.2 Å². The molecule has 2 fully saturated rings. The van der Waals surface area contributed by atoms with Gasteiger partial charge in [-0.2, -0.15) is 0 Å². The van der Waals surface area contributed by atoms with Gasteiger partial charge >= 0.3 is 0 Å².